The quantitative estimate of drug-likeness (QED) is 0.533. The lowest BCUT2D eigenvalue weighted by molar-refractivity contribution is -0.709. The van der Waals surface area contributed by atoms with Crippen molar-refractivity contribution in [2.75, 3.05) is 33.4 Å². The van der Waals surface area contributed by atoms with Crippen LogP contribution >= 0.6 is 15.9 Å². The van der Waals surface area contributed by atoms with Gasteiger partial charge < -0.3 is 14.4 Å². The molecular formula is C14H18BrN4O2+. The van der Waals surface area contributed by atoms with Gasteiger partial charge in [0.25, 0.3) is 4.74 Å². The van der Waals surface area contributed by atoms with Gasteiger partial charge in [-0.2, -0.15) is 4.99 Å². The van der Waals surface area contributed by atoms with Crippen molar-refractivity contribution >= 4 is 26.9 Å². The first-order chi connectivity index (χ1) is 10.1. The van der Waals surface area contributed by atoms with Crippen LogP contribution in [0, 0.1) is 0 Å². The molecule has 0 aliphatic carbocycles. The first kappa shape index (κ1) is 13.6. The van der Waals surface area contributed by atoms with Gasteiger partial charge in [0, 0.05) is 41.9 Å². The maximum Gasteiger partial charge on any atom is 0.283 e. The summed E-state index contributed by atoms with van der Waals surface area (Å²) in [5, 5.41) is 0. The molecule has 0 saturated carbocycles. The number of rotatable bonds is 1. The fraction of sp³-hybridized carbons (Fsp3) is 0.571. The molecule has 0 N–H and O–H groups in total. The molecule has 0 aromatic heterocycles. The van der Waals surface area contributed by atoms with Crippen LogP contribution in [-0.2, 0) is 9.47 Å². The summed E-state index contributed by atoms with van der Waals surface area (Å²) in [4.78, 5) is 11.3. The van der Waals surface area contributed by atoms with E-state index >= 15 is 0 Å². The van der Waals surface area contributed by atoms with E-state index in [-0.39, 0.29) is 5.79 Å². The number of fused-ring (bicyclic) bond motifs is 1. The van der Waals surface area contributed by atoms with Crippen molar-refractivity contribution in [3.63, 3.8) is 0 Å². The number of halogens is 1. The predicted molar refractivity (Wildman–Crippen MR) is 82.6 cm³/mol. The molecule has 1 unspecified atom stereocenters. The van der Waals surface area contributed by atoms with Crippen LogP contribution < -0.4 is 0 Å². The Labute approximate surface area is 132 Å². The maximum atomic E-state index is 5.79. The highest BCUT2D eigenvalue weighted by Gasteiger charge is 2.45. The lowest BCUT2D eigenvalue weighted by Gasteiger charge is -2.38. The number of amidine groups is 1. The van der Waals surface area contributed by atoms with Crippen LogP contribution in [0.25, 0.3) is 0 Å². The summed E-state index contributed by atoms with van der Waals surface area (Å²) in [6, 6.07) is 0. The highest BCUT2D eigenvalue weighted by molar-refractivity contribution is 9.18. The number of aliphatic imine (C=N–C) groups is 2. The van der Waals surface area contributed by atoms with E-state index in [0.717, 1.165) is 42.2 Å². The lowest BCUT2D eigenvalue weighted by atomic mass is 10.0. The number of piperidine rings is 1. The molecule has 112 valence electrons. The van der Waals surface area contributed by atoms with Gasteiger partial charge in [0.15, 0.2) is 11.6 Å². The van der Waals surface area contributed by atoms with Gasteiger partial charge in [-0.15, -0.1) is 0 Å². The summed E-state index contributed by atoms with van der Waals surface area (Å²) in [5.41, 5.74) is 1.11. The van der Waals surface area contributed by atoms with E-state index in [2.05, 4.69) is 32.9 Å². The molecule has 4 aliphatic rings. The zero-order chi connectivity index (χ0) is 14.5. The first-order valence-electron chi connectivity index (χ1n) is 7.23. The third-order valence-electron chi connectivity index (χ3n) is 4.60. The molecule has 1 atom stereocenters. The van der Waals surface area contributed by atoms with Gasteiger partial charge in [-0.1, -0.05) is 0 Å². The van der Waals surface area contributed by atoms with Crippen molar-refractivity contribution in [1.29, 1.82) is 0 Å². The van der Waals surface area contributed by atoms with E-state index in [0.29, 0.717) is 17.7 Å². The number of quaternary nitrogens is 1. The average molecular weight is 354 g/mol. The summed E-state index contributed by atoms with van der Waals surface area (Å²) in [7, 11) is 2.10. The van der Waals surface area contributed by atoms with Crippen LogP contribution in [0.3, 0.4) is 0 Å². The molecule has 0 amide bonds. The predicted octanol–water partition coefficient (Wildman–Crippen LogP) is 1.76. The van der Waals surface area contributed by atoms with E-state index < -0.39 is 0 Å². The third kappa shape index (κ3) is 2.03. The topological polar surface area (TPSA) is 46.4 Å². The SMILES string of the molecule is C[N+]12C=CN=CC1=C(N1CCC3(CC1)OCCO3)N=C2Br. The van der Waals surface area contributed by atoms with Crippen LogP contribution in [0.5, 0.6) is 0 Å². The highest BCUT2D eigenvalue weighted by atomic mass is 79.9. The molecule has 1 spiro atoms. The summed E-state index contributed by atoms with van der Waals surface area (Å²) < 4.78 is 13.0. The summed E-state index contributed by atoms with van der Waals surface area (Å²) in [6.45, 7) is 3.20. The standard InChI is InChI=1S/C14H18BrN4O2/c1-19-7-4-16-10-11(19)12(17-13(19)15)18-5-2-14(3-6-18)20-8-9-21-14/h4,7,10H,2-3,5-6,8-9H2,1H3/q+1. The largest absolute Gasteiger partial charge is 0.351 e. The minimum Gasteiger partial charge on any atom is -0.351 e. The Morgan fingerprint density at radius 1 is 1.29 bits per heavy atom. The van der Waals surface area contributed by atoms with Gasteiger partial charge in [-0.05, 0) is 0 Å². The molecule has 0 aromatic carbocycles. The van der Waals surface area contributed by atoms with Crippen LogP contribution in [0.15, 0.2) is 33.9 Å². The van der Waals surface area contributed by atoms with Gasteiger partial charge in [0.1, 0.15) is 6.20 Å². The summed E-state index contributed by atoms with van der Waals surface area (Å²) in [5.74, 6) is 0.658. The van der Waals surface area contributed by atoms with Crippen molar-refractivity contribution in [3.05, 3.63) is 23.9 Å². The fourth-order valence-corrected chi connectivity index (χ4v) is 3.72. The van der Waals surface area contributed by atoms with Crippen LogP contribution in [0.2, 0.25) is 0 Å². The van der Waals surface area contributed by atoms with Crippen molar-refractivity contribution in [2.24, 2.45) is 9.98 Å². The van der Waals surface area contributed by atoms with Gasteiger partial charge in [-0.25, -0.2) is 4.48 Å². The number of likely N-dealkylation sites (tertiary alicyclic amines) is 1. The molecule has 4 rings (SSSR count). The molecule has 2 saturated heterocycles. The second-order valence-electron chi connectivity index (χ2n) is 5.84. The minimum atomic E-state index is -0.347. The number of hydrogen-bond donors (Lipinski definition) is 0. The van der Waals surface area contributed by atoms with E-state index in [1.807, 2.05) is 18.6 Å². The average Bonchev–Trinajstić information content (AvgIpc) is 3.04. The molecule has 6 nitrogen and oxygen atoms in total. The molecule has 4 aliphatic heterocycles. The Kier molecular flexibility index (Phi) is 3.08. The number of ether oxygens (including phenoxy) is 2. The number of allylic oxidation sites excluding steroid dienone is 1. The fourth-order valence-electron chi connectivity index (χ4n) is 3.24. The number of hydrogen-bond acceptors (Lipinski definition) is 5. The normalized spacial score (nSPS) is 33.8. The van der Waals surface area contributed by atoms with Crippen LogP contribution in [0.4, 0.5) is 0 Å². The Morgan fingerprint density at radius 3 is 2.71 bits per heavy atom. The second-order valence-corrected chi connectivity index (χ2v) is 6.55. The zero-order valence-corrected chi connectivity index (χ0v) is 13.5. The molecule has 21 heavy (non-hydrogen) atoms. The summed E-state index contributed by atoms with van der Waals surface area (Å²) >= 11 is 3.59. The zero-order valence-electron chi connectivity index (χ0n) is 12.0. The molecule has 0 bridgehead atoms. The van der Waals surface area contributed by atoms with E-state index in [9.17, 15) is 0 Å². The van der Waals surface area contributed by atoms with Crippen LogP contribution in [-0.4, -0.2) is 59.5 Å². The smallest absolute Gasteiger partial charge is 0.283 e. The molecule has 7 heteroatoms. The minimum absolute atomic E-state index is 0.347. The summed E-state index contributed by atoms with van der Waals surface area (Å²) in [6.07, 6.45) is 7.51. The molecular weight excluding hydrogens is 336 g/mol. The highest BCUT2D eigenvalue weighted by Crippen LogP contribution is 2.37. The van der Waals surface area contributed by atoms with E-state index in [1.165, 1.54) is 0 Å². The Bertz CT molecular complexity index is 582. The van der Waals surface area contributed by atoms with Crippen molar-refractivity contribution in [3.8, 4) is 0 Å². The molecule has 0 radical (unpaired) electrons. The molecule has 4 heterocycles. The van der Waals surface area contributed by atoms with Crippen molar-refractivity contribution in [2.45, 2.75) is 18.6 Å². The van der Waals surface area contributed by atoms with Gasteiger partial charge in [-0.3, -0.25) is 4.99 Å². The number of nitrogens with zero attached hydrogens (tertiary/aromatic N) is 4. The maximum absolute atomic E-state index is 5.79. The third-order valence-corrected chi connectivity index (χ3v) is 5.51. The van der Waals surface area contributed by atoms with Gasteiger partial charge in [0.05, 0.1) is 32.7 Å². The second kappa shape index (κ2) is 4.74. The molecule has 0 aromatic rings. The molecule has 2 fully saturated rings. The van der Waals surface area contributed by atoms with Crippen LogP contribution in [0.1, 0.15) is 12.8 Å². The Morgan fingerprint density at radius 2 is 2.00 bits per heavy atom. The lowest BCUT2D eigenvalue weighted by Crippen LogP contribution is -2.45. The Balaban J connectivity index is 1.59. The Hall–Kier alpha value is -1.02. The first-order valence-corrected chi connectivity index (χ1v) is 8.02. The van der Waals surface area contributed by atoms with Gasteiger partial charge >= 0.3 is 0 Å². The van der Waals surface area contributed by atoms with Crippen molar-refractivity contribution in [1.82, 2.24) is 4.90 Å². The van der Waals surface area contributed by atoms with E-state index in [1.54, 1.807) is 0 Å². The van der Waals surface area contributed by atoms with Gasteiger partial charge in [0.2, 0.25) is 5.70 Å². The van der Waals surface area contributed by atoms with Crippen molar-refractivity contribution < 1.29 is 14.0 Å². The monoisotopic (exact) mass is 353 g/mol. The van der Waals surface area contributed by atoms with E-state index in [4.69, 9.17) is 14.5 Å².